The van der Waals surface area contributed by atoms with Crippen LogP contribution in [-0.2, 0) is 0 Å². The minimum Gasteiger partial charge on any atom is -0.393 e. The van der Waals surface area contributed by atoms with Crippen molar-refractivity contribution in [2.75, 3.05) is 0 Å². The van der Waals surface area contributed by atoms with Crippen LogP contribution in [-0.4, -0.2) is 11.2 Å². The third kappa shape index (κ3) is 14.2. The van der Waals surface area contributed by atoms with Gasteiger partial charge in [-0.1, -0.05) is 93.6 Å². The summed E-state index contributed by atoms with van der Waals surface area (Å²) in [6.45, 7) is 6.01. The summed E-state index contributed by atoms with van der Waals surface area (Å²) >= 11 is 3.29. The molecular formula is C16H31BrO. The number of hydrogen-bond donors (Lipinski definition) is 1. The standard InChI is InChI=1S/C16H31BrO/c1-3-4-5-6-7-8-9-10-11-12-13-16(18)14-15(2)17/h16,18H,2-14H2,1H3. The van der Waals surface area contributed by atoms with Gasteiger partial charge in [0.05, 0.1) is 6.10 Å². The Morgan fingerprint density at radius 3 is 1.83 bits per heavy atom. The molecule has 0 heterocycles. The van der Waals surface area contributed by atoms with Gasteiger partial charge in [-0.3, -0.25) is 0 Å². The Morgan fingerprint density at radius 1 is 0.944 bits per heavy atom. The summed E-state index contributed by atoms with van der Waals surface area (Å²) < 4.78 is 0.905. The van der Waals surface area contributed by atoms with Crippen LogP contribution in [0.3, 0.4) is 0 Å². The van der Waals surface area contributed by atoms with Gasteiger partial charge in [0.1, 0.15) is 0 Å². The van der Waals surface area contributed by atoms with Crippen LogP contribution in [0, 0.1) is 0 Å². The van der Waals surface area contributed by atoms with Gasteiger partial charge in [-0.25, -0.2) is 0 Å². The molecule has 0 spiro atoms. The average Bonchev–Trinajstić information content (AvgIpc) is 2.30. The Bertz CT molecular complexity index is 192. The van der Waals surface area contributed by atoms with Crippen LogP contribution in [0.4, 0.5) is 0 Å². The van der Waals surface area contributed by atoms with Crippen LogP contribution < -0.4 is 0 Å². The summed E-state index contributed by atoms with van der Waals surface area (Å²) in [5.74, 6) is 0. The van der Waals surface area contributed by atoms with Crippen molar-refractivity contribution in [3.63, 3.8) is 0 Å². The molecule has 0 radical (unpaired) electrons. The second kappa shape index (κ2) is 13.6. The number of unbranched alkanes of at least 4 members (excludes halogenated alkanes) is 9. The molecule has 0 amide bonds. The van der Waals surface area contributed by atoms with E-state index in [-0.39, 0.29) is 6.10 Å². The smallest absolute Gasteiger partial charge is 0.0585 e. The Hall–Kier alpha value is 0.180. The Kier molecular flexibility index (Phi) is 13.7. The minimum atomic E-state index is -0.203. The fourth-order valence-corrected chi connectivity index (χ4v) is 2.60. The summed E-state index contributed by atoms with van der Waals surface area (Å²) in [5, 5.41) is 9.65. The zero-order valence-corrected chi connectivity index (χ0v) is 13.7. The molecule has 0 aromatic rings. The molecule has 18 heavy (non-hydrogen) atoms. The van der Waals surface area contributed by atoms with Gasteiger partial charge >= 0.3 is 0 Å². The van der Waals surface area contributed by atoms with E-state index in [1.54, 1.807) is 0 Å². The number of aliphatic hydroxyl groups is 1. The average molecular weight is 319 g/mol. The van der Waals surface area contributed by atoms with Crippen molar-refractivity contribution in [3.8, 4) is 0 Å². The molecule has 0 bridgehead atoms. The van der Waals surface area contributed by atoms with E-state index in [2.05, 4.69) is 29.4 Å². The number of aliphatic hydroxyl groups excluding tert-OH is 1. The first-order valence-electron chi connectivity index (χ1n) is 7.68. The summed E-state index contributed by atoms with van der Waals surface area (Å²) in [5.41, 5.74) is 0. The third-order valence-corrected chi connectivity index (χ3v) is 3.67. The molecule has 1 N–H and O–H groups in total. The number of halogens is 1. The lowest BCUT2D eigenvalue weighted by Gasteiger charge is -2.09. The van der Waals surface area contributed by atoms with Crippen LogP contribution in [0.25, 0.3) is 0 Å². The monoisotopic (exact) mass is 318 g/mol. The summed E-state index contributed by atoms with van der Waals surface area (Å²) in [4.78, 5) is 0. The Labute approximate surface area is 122 Å². The van der Waals surface area contributed by atoms with Crippen molar-refractivity contribution in [1.29, 1.82) is 0 Å². The van der Waals surface area contributed by atoms with Crippen molar-refractivity contribution in [3.05, 3.63) is 11.1 Å². The van der Waals surface area contributed by atoms with E-state index in [0.717, 1.165) is 17.3 Å². The van der Waals surface area contributed by atoms with Crippen molar-refractivity contribution in [1.82, 2.24) is 0 Å². The molecule has 0 aromatic carbocycles. The maximum Gasteiger partial charge on any atom is 0.0585 e. The molecule has 2 heteroatoms. The van der Waals surface area contributed by atoms with Crippen molar-refractivity contribution >= 4 is 15.9 Å². The van der Waals surface area contributed by atoms with Crippen molar-refractivity contribution in [2.24, 2.45) is 0 Å². The van der Waals surface area contributed by atoms with Crippen molar-refractivity contribution in [2.45, 2.75) is 90.1 Å². The lowest BCUT2D eigenvalue weighted by molar-refractivity contribution is 0.163. The molecule has 1 nitrogen and oxygen atoms in total. The highest BCUT2D eigenvalue weighted by molar-refractivity contribution is 9.11. The number of hydrogen-bond acceptors (Lipinski definition) is 1. The van der Waals surface area contributed by atoms with Gasteiger partial charge in [-0.2, -0.15) is 0 Å². The Morgan fingerprint density at radius 2 is 1.39 bits per heavy atom. The minimum absolute atomic E-state index is 0.203. The molecule has 0 aliphatic heterocycles. The topological polar surface area (TPSA) is 20.2 Å². The second-order valence-electron chi connectivity index (χ2n) is 5.35. The zero-order chi connectivity index (χ0) is 13.6. The maximum absolute atomic E-state index is 9.65. The maximum atomic E-state index is 9.65. The highest BCUT2D eigenvalue weighted by Crippen LogP contribution is 2.16. The second-order valence-corrected chi connectivity index (χ2v) is 6.47. The molecule has 0 saturated carbocycles. The van der Waals surface area contributed by atoms with E-state index in [4.69, 9.17) is 0 Å². The molecule has 0 aliphatic carbocycles. The van der Waals surface area contributed by atoms with Gasteiger partial charge in [0.2, 0.25) is 0 Å². The third-order valence-electron chi connectivity index (χ3n) is 3.35. The van der Waals surface area contributed by atoms with Gasteiger partial charge in [-0.15, -0.1) is 0 Å². The highest BCUT2D eigenvalue weighted by atomic mass is 79.9. The summed E-state index contributed by atoms with van der Waals surface area (Å²) in [6.07, 6.45) is 14.9. The summed E-state index contributed by atoms with van der Waals surface area (Å²) in [6, 6.07) is 0. The van der Waals surface area contributed by atoms with Gasteiger partial charge in [0.15, 0.2) is 0 Å². The van der Waals surface area contributed by atoms with Crippen LogP contribution in [0.1, 0.15) is 84.0 Å². The van der Waals surface area contributed by atoms with Gasteiger partial charge in [0, 0.05) is 6.42 Å². The zero-order valence-electron chi connectivity index (χ0n) is 12.1. The van der Waals surface area contributed by atoms with Crippen LogP contribution in [0.5, 0.6) is 0 Å². The molecular weight excluding hydrogens is 288 g/mol. The van der Waals surface area contributed by atoms with Gasteiger partial charge < -0.3 is 5.11 Å². The van der Waals surface area contributed by atoms with E-state index < -0.39 is 0 Å². The molecule has 1 unspecified atom stereocenters. The molecule has 0 fully saturated rings. The van der Waals surface area contributed by atoms with E-state index in [9.17, 15) is 5.11 Å². The molecule has 0 aliphatic rings. The van der Waals surface area contributed by atoms with Crippen LogP contribution in [0.2, 0.25) is 0 Å². The van der Waals surface area contributed by atoms with E-state index in [0.29, 0.717) is 6.42 Å². The quantitative estimate of drug-likeness (QED) is 0.415. The first kappa shape index (κ1) is 18.2. The fraction of sp³-hybridized carbons (Fsp3) is 0.875. The predicted octanol–water partition coefficient (Wildman–Crippen LogP) is 5.96. The molecule has 0 saturated heterocycles. The van der Waals surface area contributed by atoms with Crippen LogP contribution >= 0.6 is 15.9 Å². The van der Waals surface area contributed by atoms with Crippen LogP contribution in [0.15, 0.2) is 11.1 Å². The fourth-order valence-electron chi connectivity index (χ4n) is 2.23. The van der Waals surface area contributed by atoms with E-state index in [1.807, 2.05) is 0 Å². The van der Waals surface area contributed by atoms with E-state index >= 15 is 0 Å². The van der Waals surface area contributed by atoms with Gasteiger partial charge in [0.25, 0.3) is 0 Å². The largest absolute Gasteiger partial charge is 0.393 e. The normalized spacial score (nSPS) is 12.6. The van der Waals surface area contributed by atoms with Crippen molar-refractivity contribution < 1.29 is 5.11 Å². The Balaban J connectivity index is 3.09. The lowest BCUT2D eigenvalue weighted by atomic mass is 10.0. The molecule has 0 aromatic heterocycles. The molecule has 1 atom stereocenters. The SMILES string of the molecule is C=C(Br)CC(O)CCCCCCCCCCCC. The first-order chi connectivity index (χ1) is 8.66. The van der Waals surface area contributed by atoms with E-state index in [1.165, 1.54) is 57.8 Å². The predicted molar refractivity (Wildman–Crippen MR) is 85.2 cm³/mol. The highest BCUT2D eigenvalue weighted by Gasteiger charge is 2.04. The first-order valence-corrected chi connectivity index (χ1v) is 8.47. The molecule has 108 valence electrons. The summed E-state index contributed by atoms with van der Waals surface area (Å²) in [7, 11) is 0. The number of rotatable bonds is 13. The lowest BCUT2D eigenvalue weighted by Crippen LogP contribution is -2.05. The van der Waals surface area contributed by atoms with Gasteiger partial charge in [-0.05, 0) is 10.9 Å². The molecule has 0 rings (SSSR count).